The predicted octanol–water partition coefficient (Wildman–Crippen LogP) is 3.15. The SMILES string of the molecule is COc1cc(C(=O)NC(C)C(C)CBr)ccc1C. The Hall–Kier alpha value is -1.03. The predicted molar refractivity (Wildman–Crippen MR) is 77.6 cm³/mol. The summed E-state index contributed by atoms with van der Waals surface area (Å²) in [5.74, 6) is 1.07. The van der Waals surface area contributed by atoms with Crippen LogP contribution >= 0.6 is 15.9 Å². The summed E-state index contributed by atoms with van der Waals surface area (Å²) in [7, 11) is 1.61. The zero-order valence-electron chi connectivity index (χ0n) is 11.3. The molecular weight excluding hydrogens is 294 g/mol. The van der Waals surface area contributed by atoms with Crippen LogP contribution in [0.3, 0.4) is 0 Å². The maximum absolute atomic E-state index is 12.1. The minimum absolute atomic E-state index is 0.0615. The Morgan fingerprint density at radius 2 is 2.11 bits per heavy atom. The van der Waals surface area contributed by atoms with Crippen LogP contribution in [0, 0.1) is 12.8 Å². The molecule has 4 heteroatoms. The van der Waals surface area contributed by atoms with Crippen LogP contribution in [0.2, 0.25) is 0 Å². The van der Waals surface area contributed by atoms with Crippen molar-refractivity contribution in [1.82, 2.24) is 5.32 Å². The molecule has 1 aromatic carbocycles. The molecule has 0 bridgehead atoms. The molecule has 0 heterocycles. The summed E-state index contributed by atoms with van der Waals surface area (Å²) in [6.07, 6.45) is 0. The highest BCUT2D eigenvalue weighted by atomic mass is 79.9. The number of ether oxygens (including phenoxy) is 1. The van der Waals surface area contributed by atoms with Gasteiger partial charge in [0.25, 0.3) is 5.91 Å². The van der Waals surface area contributed by atoms with Crippen molar-refractivity contribution < 1.29 is 9.53 Å². The highest BCUT2D eigenvalue weighted by molar-refractivity contribution is 9.09. The third-order valence-corrected chi connectivity index (χ3v) is 4.15. The molecule has 3 nitrogen and oxygen atoms in total. The van der Waals surface area contributed by atoms with E-state index < -0.39 is 0 Å². The molecule has 18 heavy (non-hydrogen) atoms. The largest absolute Gasteiger partial charge is 0.496 e. The minimum Gasteiger partial charge on any atom is -0.496 e. The molecule has 1 N–H and O–H groups in total. The van der Waals surface area contributed by atoms with Gasteiger partial charge in [-0.15, -0.1) is 0 Å². The fraction of sp³-hybridized carbons (Fsp3) is 0.500. The molecule has 0 radical (unpaired) electrons. The van der Waals surface area contributed by atoms with Crippen molar-refractivity contribution in [3.8, 4) is 5.75 Å². The Balaban J connectivity index is 2.78. The highest BCUT2D eigenvalue weighted by Gasteiger charge is 2.15. The van der Waals surface area contributed by atoms with E-state index in [9.17, 15) is 4.79 Å². The summed E-state index contributed by atoms with van der Waals surface area (Å²) in [5, 5.41) is 3.86. The van der Waals surface area contributed by atoms with Crippen LogP contribution in [0.5, 0.6) is 5.75 Å². The minimum atomic E-state index is -0.0615. The number of alkyl halides is 1. The molecule has 0 aliphatic rings. The normalized spacial score (nSPS) is 13.8. The van der Waals surface area contributed by atoms with Gasteiger partial charge in [-0.25, -0.2) is 0 Å². The number of hydrogen-bond acceptors (Lipinski definition) is 2. The molecule has 100 valence electrons. The number of amides is 1. The van der Waals surface area contributed by atoms with E-state index in [-0.39, 0.29) is 11.9 Å². The Labute approximate surface area is 117 Å². The van der Waals surface area contributed by atoms with Gasteiger partial charge in [0.1, 0.15) is 5.75 Å². The lowest BCUT2D eigenvalue weighted by atomic mass is 10.1. The summed E-state index contributed by atoms with van der Waals surface area (Å²) in [5.41, 5.74) is 1.65. The average molecular weight is 314 g/mol. The first-order chi connectivity index (χ1) is 8.49. The Kier molecular flexibility index (Phi) is 5.66. The van der Waals surface area contributed by atoms with Crippen LogP contribution in [-0.2, 0) is 0 Å². The Morgan fingerprint density at radius 1 is 1.44 bits per heavy atom. The molecule has 0 aliphatic heterocycles. The summed E-state index contributed by atoms with van der Waals surface area (Å²) in [6.45, 7) is 6.06. The Bertz CT molecular complexity index is 420. The van der Waals surface area contributed by atoms with E-state index in [2.05, 4.69) is 28.2 Å². The van der Waals surface area contributed by atoms with Crippen molar-refractivity contribution in [2.24, 2.45) is 5.92 Å². The lowest BCUT2D eigenvalue weighted by molar-refractivity contribution is 0.0931. The van der Waals surface area contributed by atoms with Gasteiger partial charge in [0, 0.05) is 16.9 Å². The third-order valence-electron chi connectivity index (χ3n) is 3.13. The van der Waals surface area contributed by atoms with Gasteiger partial charge < -0.3 is 10.1 Å². The number of hydrogen-bond donors (Lipinski definition) is 1. The van der Waals surface area contributed by atoms with E-state index >= 15 is 0 Å². The van der Waals surface area contributed by atoms with E-state index in [1.807, 2.05) is 26.0 Å². The molecule has 0 saturated carbocycles. The standard InChI is InChI=1S/C14H20BrNO2/c1-9-5-6-12(7-13(9)18-4)14(17)16-11(3)10(2)8-15/h5-7,10-11H,8H2,1-4H3,(H,16,17). The number of halogens is 1. The number of nitrogens with one attached hydrogen (secondary N) is 1. The van der Waals surface area contributed by atoms with Crippen molar-refractivity contribution in [3.05, 3.63) is 29.3 Å². The highest BCUT2D eigenvalue weighted by Crippen LogP contribution is 2.19. The average Bonchev–Trinajstić information content (AvgIpc) is 2.37. The monoisotopic (exact) mass is 313 g/mol. The molecule has 0 saturated heterocycles. The van der Waals surface area contributed by atoms with Crippen LogP contribution in [0.1, 0.15) is 29.8 Å². The van der Waals surface area contributed by atoms with Crippen molar-refractivity contribution >= 4 is 21.8 Å². The van der Waals surface area contributed by atoms with Crippen LogP contribution in [0.25, 0.3) is 0 Å². The molecule has 1 rings (SSSR count). The smallest absolute Gasteiger partial charge is 0.251 e. The topological polar surface area (TPSA) is 38.3 Å². The third kappa shape index (κ3) is 3.73. The molecule has 2 atom stereocenters. The van der Waals surface area contributed by atoms with Crippen LogP contribution in [0.15, 0.2) is 18.2 Å². The number of benzene rings is 1. The molecule has 0 fully saturated rings. The van der Waals surface area contributed by atoms with Crippen molar-refractivity contribution in [2.75, 3.05) is 12.4 Å². The lowest BCUT2D eigenvalue weighted by Crippen LogP contribution is -2.37. The molecule has 2 unspecified atom stereocenters. The molecular formula is C14H20BrNO2. The van der Waals surface area contributed by atoms with E-state index in [0.29, 0.717) is 11.5 Å². The van der Waals surface area contributed by atoms with Crippen molar-refractivity contribution in [2.45, 2.75) is 26.8 Å². The van der Waals surface area contributed by atoms with Crippen molar-refractivity contribution in [1.29, 1.82) is 0 Å². The van der Waals surface area contributed by atoms with Gasteiger partial charge in [0.15, 0.2) is 0 Å². The van der Waals surface area contributed by atoms with Crippen LogP contribution < -0.4 is 10.1 Å². The van der Waals surface area contributed by atoms with Gasteiger partial charge in [0.05, 0.1) is 7.11 Å². The van der Waals surface area contributed by atoms with Gasteiger partial charge in [0.2, 0.25) is 0 Å². The molecule has 0 aromatic heterocycles. The van der Waals surface area contributed by atoms with Gasteiger partial charge in [-0.2, -0.15) is 0 Å². The van der Waals surface area contributed by atoms with Crippen LogP contribution in [-0.4, -0.2) is 24.4 Å². The fourth-order valence-corrected chi connectivity index (χ4v) is 2.09. The zero-order chi connectivity index (χ0) is 13.7. The second-order valence-electron chi connectivity index (χ2n) is 4.58. The first-order valence-corrected chi connectivity index (χ1v) is 7.13. The van der Waals surface area contributed by atoms with E-state index in [1.54, 1.807) is 13.2 Å². The molecule has 0 aliphatic carbocycles. The van der Waals surface area contributed by atoms with Gasteiger partial charge >= 0.3 is 0 Å². The summed E-state index contributed by atoms with van der Waals surface area (Å²) in [6, 6.07) is 5.62. The van der Waals surface area contributed by atoms with Gasteiger partial charge in [-0.1, -0.05) is 28.9 Å². The van der Waals surface area contributed by atoms with E-state index in [1.165, 1.54) is 0 Å². The van der Waals surface area contributed by atoms with E-state index in [0.717, 1.165) is 16.6 Å². The zero-order valence-corrected chi connectivity index (χ0v) is 12.9. The molecule has 1 amide bonds. The number of carbonyl (C=O) groups excluding carboxylic acids is 1. The number of methoxy groups -OCH3 is 1. The second-order valence-corrected chi connectivity index (χ2v) is 5.23. The second kappa shape index (κ2) is 6.78. The quantitative estimate of drug-likeness (QED) is 0.848. The number of rotatable bonds is 5. The number of aryl methyl sites for hydroxylation is 1. The summed E-state index contributed by atoms with van der Waals surface area (Å²) in [4.78, 5) is 12.1. The molecule has 1 aromatic rings. The first-order valence-electron chi connectivity index (χ1n) is 6.01. The van der Waals surface area contributed by atoms with Crippen molar-refractivity contribution in [3.63, 3.8) is 0 Å². The summed E-state index contributed by atoms with van der Waals surface area (Å²) < 4.78 is 5.22. The Morgan fingerprint density at radius 3 is 2.67 bits per heavy atom. The summed E-state index contributed by atoms with van der Waals surface area (Å²) >= 11 is 3.42. The number of carbonyl (C=O) groups is 1. The maximum Gasteiger partial charge on any atom is 0.251 e. The lowest BCUT2D eigenvalue weighted by Gasteiger charge is -2.19. The van der Waals surface area contributed by atoms with E-state index in [4.69, 9.17) is 4.74 Å². The first kappa shape index (κ1) is 15.0. The van der Waals surface area contributed by atoms with Gasteiger partial charge in [-0.05, 0) is 37.5 Å². The fourth-order valence-electron chi connectivity index (χ4n) is 1.53. The van der Waals surface area contributed by atoms with Gasteiger partial charge in [-0.3, -0.25) is 4.79 Å². The maximum atomic E-state index is 12.1. The van der Waals surface area contributed by atoms with Crippen LogP contribution in [0.4, 0.5) is 0 Å². The molecule has 0 spiro atoms.